The maximum atomic E-state index is 12.4. The van der Waals surface area contributed by atoms with Gasteiger partial charge in [-0.05, 0) is 19.3 Å². The second kappa shape index (κ2) is 8.63. The van der Waals surface area contributed by atoms with Crippen molar-refractivity contribution in [2.24, 2.45) is 5.73 Å². The predicted octanol–water partition coefficient (Wildman–Crippen LogP) is 1.36. The highest BCUT2D eigenvalue weighted by atomic mass is 32.2. The molecule has 0 aromatic heterocycles. The van der Waals surface area contributed by atoms with Gasteiger partial charge in [-0.25, -0.2) is 0 Å². The Kier molecular flexibility index (Phi) is 7.52. The monoisotopic (exact) mass is 315 g/mol. The van der Waals surface area contributed by atoms with Crippen LogP contribution in [0.1, 0.15) is 46.5 Å². The Balaban J connectivity index is 2.48. The molecule has 0 aromatic rings. The maximum absolute atomic E-state index is 12.4. The van der Waals surface area contributed by atoms with Crippen molar-refractivity contribution in [2.45, 2.75) is 57.2 Å². The molecular weight excluding hydrogens is 286 g/mol. The van der Waals surface area contributed by atoms with Crippen molar-refractivity contribution in [1.82, 2.24) is 10.2 Å². The molecule has 1 saturated heterocycles. The Hall–Kier alpha value is -0.750. The molecule has 0 spiro atoms. The van der Waals surface area contributed by atoms with E-state index in [0.29, 0.717) is 25.3 Å². The van der Waals surface area contributed by atoms with E-state index in [4.69, 9.17) is 5.73 Å². The van der Waals surface area contributed by atoms with E-state index in [1.54, 1.807) is 11.8 Å². The third-order valence-corrected chi connectivity index (χ3v) is 4.74. The lowest BCUT2D eigenvalue weighted by molar-refractivity contribution is -0.132. The minimum Gasteiger partial charge on any atom is -0.354 e. The van der Waals surface area contributed by atoms with Crippen LogP contribution in [0, 0.1) is 0 Å². The van der Waals surface area contributed by atoms with Crippen molar-refractivity contribution in [3.05, 3.63) is 0 Å². The summed E-state index contributed by atoms with van der Waals surface area (Å²) in [5.41, 5.74) is 5.37. The highest BCUT2D eigenvalue weighted by Gasteiger charge is 2.27. The predicted molar refractivity (Wildman–Crippen MR) is 88.2 cm³/mol. The van der Waals surface area contributed by atoms with E-state index in [1.165, 1.54) is 0 Å². The Bertz CT molecular complexity index is 355. The summed E-state index contributed by atoms with van der Waals surface area (Å²) in [6, 6.07) is 0.133. The van der Waals surface area contributed by atoms with Crippen LogP contribution in [-0.2, 0) is 9.59 Å². The number of thioether (sulfide) groups is 1. The lowest BCUT2D eigenvalue weighted by Crippen LogP contribution is -2.50. The fraction of sp³-hybridized carbons (Fsp3) is 0.867. The van der Waals surface area contributed by atoms with Crippen LogP contribution in [0.2, 0.25) is 0 Å². The summed E-state index contributed by atoms with van der Waals surface area (Å²) in [5.74, 6) is 0.670. The van der Waals surface area contributed by atoms with Gasteiger partial charge in [0, 0.05) is 36.8 Å². The van der Waals surface area contributed by atoms with Gasteiger partial charge in [-0.3, -0.25) is 9.59 Å². The molecule has 0 radical (unpaired) electrons. The van der Waals surface area contributed by atoms with Crippen LogP contribution in [0.4, 0.5) is 0 Å². The number of nitrogens with two attached hydrogens (primary N) is 1. The Morgan fingerprint density at radius 1 is 1.33 bits per heavy atom. The molecule has 21 heavy (non-hydrogen) atoms. The van der Waals surface area contributed by atoms with Crippen molar-refractivity contribution < 1.29 is 9.59 Å². The topological polar surface area (TPSA) is 75.4 Å². The lowest BCUT2D eigenvalue weighted by atomic mass is 10.0. The highest BCUT2D eigenvalue weighted by Crippen LogP contribution is 2.25. The first-order valence-corrected chi connectivity index (χ1v) is 8.72. The van der Waals surface area contributed by atoms with Gasteiger partial charge >= 0.3 is 0 Å². The molecule has 3 N–H and O–H groups in total. The first kappa shape index (κ1) is 18.3. The second-order valence-corrected chi connectivity index (χ2v) is 8.28. The number of hydrogen-bond donors (Lipinski definition) is 2. The van der Waals surface area contributed by atoms with Crippen LogP contribution >= 0.6 is 11.8 Å². The highest BCUT2D eigenvalue weighted by molar-refractivity contribution is 8.01. The largest absolute Gasteiger partial charge is 0.354 e. The van der Waals surface area contributed by atoms with Gasteiger partial charge in [-0.1, -0.05) is 20.8 Å². The molecule has 122 valence electrons. The minimum absolute atomic E-state index is 0.0282. The summed E-state index contributed by atoms with van der Waals surface area (Å²) in [7, 11) is 0. The summed E-state index contributed by atoms with van der Waals surface area (Å²) < 4.78 is 0.0935. The van der Waals surface area contributed by atoms with Crippen LogP contribution in [0.5, 0.6) is 0 Å². The van der Waals surface area contributed by atoms with Crippen LogP contribution < -0.4 is 11.1 Å². The zero-order valence-corrected chi connectivity index (χ0v) is 14.3. The third kappa shape index (κ3) is 7.18. The zero-order valence-electron chi connectivity index (χ0n) is 13.5. The van der Waals surface area contributed by atoms with Gasteiger partial charge in [0.25, 0.3) is 0 Å². The molecule has 1 heterocycles. The van der Waals surface area contributed by atoms with Gasteiger partial charge in [-0.2, -0.15) is 0 Å². The number of likely N-dealkylation sites (tertiary alicyclic amines) is 1. The van der Waals surface area contributed by atoms with Crippen molar-refractivity contribution in [2.75, 3.05) is 25.4 Å². The molecule has 5 nitrogen and oxygen atoms in total. The van der Waals surface area contributed by atoms with E-state index in [0.717, 1.165) is 25.8 Å². The molecule has 1 rings (SSSR count). The van der Waals surface area contributed by atoms with Gasteiger partial charge in [0.15, 0.2) is 0 Å². The van der Waals surface area contributed by atoms with Gasteiger partial charge in [0.05, 0.1) is 5.75 Å². The zero-order chi connectivity index (χ0) is 15.9. The van der Waals surface area contributed by atoms with E-state index >= 15 is 0 Å². The van der Waals surface area contributed by atoms with Crippen molar-refractivity contribution >= 4 is 23.6 Å². The fourth-order valence-electron chi connectivity index (χ4n) is 2.35. The number of carbonyl (C=O) groups is 2. The number of hydrogen-bond acceptors (Lipinski definition) is 4. The van der Waals surface area contributed by atoms with Crippen LogP contribution in [-0.4, -0.2) is 52.9 Å². The summed E-state index contributed by atoms with van der Waals surface area (Å²) in [4.78, 5) is 25.9. The lowest BCUT2D eigenvalue weighted by Gasteiger charge is -2.36. The van der Waals surface area contributed by atoms with Crippen molar-refractivity contribution in [3.63, 3.8) is 0 Å². The van der Waals surface area contributed by atoms with E-state index in [-0.39, 0.29) is 22.6 Å². The number of piperidine rings is 1. The molecular formula is C15H29N3O2S. The molecule has 0 bridgehead atoms. The normalized spacial score (nSPS) is 19.4. The Labute approximate surface area is 132 Å². The third-order valence-electron chi connectivity index (χ3n) is 3.48. The van der Waals surface area contributed by atoms with E-state index in [2.05, 4.69) is 26.1 Å². The molecule has 1 atom stereocenters. The summed E-state index contributed by atoms with van der Waals surface area (Å²) in [6.45, 7) is 8.07. The van der Waals surface area contributed by atoms with Crippen molar-refractivity contribution in [3.8, 4) is 0 Å². The number of nitrogens with zero attached hydrogens (tertiary/aromatic N) is 1. The molecule has 6 heteroatoms. The maximum Gasteiger partial charge on any atom is 0.232 e. The smallest absolute Gasteiger partial charge is 0.232 e. The van der Waals surface area contributed by atoms with Gasteiger partial charge < -0.3 is 16.0 Å². The standard InChI is InChI=1S/C15H29N3O2S/c1-15(2,3)21-11-14(20)18-9-5-4-6-12(18)10-17-13(19)7-8-16/h12H,4-11,16H2,1-3H3,(H,17,19). The summed E-state index contributed by atoms with van der Waals surface area (Å²) in [6.07, 6.45) is 3.49. The number of carbonyl (C=O) groups excluding carboxylic acids is 2. The number of nitrogens with one attached hydrogen (secondary N) is 1. The van der Waals surface area contributed by atoms with E-state index in [1.807, 2.05) is 4.90 Å². The van der Waals surface area contributed by atoms with Crippen molar-refractivity contribution in [1.29, 1.82) is 0 Å². The van der Waals surface area contributed by atoms with Crippen LogP contribution in [0.3, 0.4) is 0 Å². The van der Waals surface area contributed by atoms with E-state index in [9.17, 15) is 9.59 Å². The summed E-state index contributed by atoms with van der Waals surface area (Å²) >= 11 is 1.67. The Morgan fingerprint density at radius 3 is 2.67 bits per heavy atom. The van der Waals surface area contributed by atoms with Gasteiger partial charge in [-0.15, -0.1) is 11.8 Å². The molecule has 1 fully saturated rings. The SMILES string of the molecule is CC(C)(C)SCC(=O)N1CCCCC1CNC(=O)CCN. The average molecular weight is 315 g/mol. The van der Waals surface area contributed by atoms with Gasteiger partial charge in [0.1, 0.15) is 0 Å². The van der Waals surface area contributed by atoms with Gasteiger partial charge in [0.2, 0.25) is 11.8 Å². The molecule has 1 aliphatic rings. The van der Waals surface area contributed by atoms with Crippen LogP contribution in [0.15, 0.2) is 0 Å². The molecule has 0 aliphatic carbocycles. The molecule has 0 aromatic carbocycles. The molecule has 2 amide bonds. The first-order valence-electron chi connectivity index (χ1n) is 7.73. The number of amides is 2. The van der Waals surface area contributed by atoms with E-state index < -0.39 is 0 Å². The molecule has 1 unspecified atom stereocenters. The average Bonchev–Trinajstić information content (AvgIpc) is 2.42. The van der Waals surface area contributed by atoms with Crippen LogP contribution in [0.25, 0.3) is 0 Å². The molecule has 0 saturated carbocycles. The quantitative estimate of drug-likeness (QED) is 0.776. The fourth-order valence-corrected chi connectivity index (χ4v) is 3.08. The molecule has 1 aliphatic heterocycles. The number of rotatable bonds is 6. The first-order chi connectivity index (χ1) is 9.83. The second-order valence-electron chi connectivity index (χ2n) is 6.48. The Morgan fingerprint density at radius 2 is 2.05 bits per heavy atom. The summed E-state index contributed by atoms with van der Waals surface area (Å²) in [5, 5.41) is 2.89. The minimum atomic E-state index is -0.0282.